The molecule has 0 aliphatic heterocycles. The maximum Gasteiger partial charge on any atom is 0.110 e. The van der Waals surface area contributed by atoms with Gasteiger partial charge < -0.3 is 4.57 Å². The third kappa shape index (κ3) is 2.23. The molecular formula is C12H12Cl2N2. The summed E-state index contributed by atoms with van der Waals surface area (Å²) in [6.45, 7) is 0. The maximum atomic E-state index is 6.12. The van der Waals surface area contributed by atoms with E-state index in [0.717, 1.165) is 28.5 Å². The Balaban J connectivity index is 2.42. The van der Waals surface area contributed by atoms with E-state index in [2.05, 4.69) is 4.98 Å². The van der Waals surface area contributed by atoms with Crippen LogP contribution < -0.4 is 0 Å². The molecule has 0 saturated heterocycles. The molecule has 16 heavy (non-hydrogen) atoms. The van der Waals surface area contributed by atoms with Crippen LogP contribution >= 0.6 is 23.2 Å². The molecule has 2 nitrogen and oxygen atoms in total. The molecule has 1 aromatic heterocycles. The van der Waals surface area contributed by atoms with Gasteiger partial charge in [0.2, 0.25) is 0 Å². The number of alkyl halides is 1. The van der Waals surface area contributed by atoms with E-state index in [1.54, 1.807) is 0 Å². The number of aryl methyl sites for hydroxylation is 2. The highest BCUT2D eigenvalue weighted by Gasteiger charge is 2.09. The van der Waals surface area contributed by atoms with Crippen molar-refractivity contribution >= 4 is 23.2 Å². The van der Waals surface area contributed by atoms with Gasteiger partial charge in [0.15, 0.2) is 0 Å². The number of aromatic nitrogens is 2. The van der Waals surface area contributed by atoms with Crippen LogP contribution in [0.1, 0.15) is 5.82 Å². The molecular weight excluding hydrogens is 243 g/mol. The van der Waals surface area contributed by atoms with Gasteiger partial charge in [-0.1, -0.05) is 29.8 Å². The molecule has 0 amide bonds. The molecule has 84 valence electrons. The average molecular weight is 255 g/mol. The van der Waals surface area contributed by atoms with Gasteiger partial charge in [0.05, 0.1) is 10.7 Å². The molecule has 0 radical (unpaired) electrons. The average Bonchev–Trinajstić information content (AvgIpc) is 2.61. The highest BCUT2D eigenvalue weighted by atomic mass is 35.5. The van der Waals surface area contributed by atoms with Crippen LogP contribution in [0.4, 0.5) is 0 Å². The predicted molar refractivity (Wildman–Crippen MR) is 68.1 cm³/mol. The summed E-state index contributed by atoms with van der Waals surface area (Å²) >= 11 is 11.8. The molecule has 0 spiro atoms. The summed E-state index contributed by atoms with van der Waals surface area (Å²) in [7, 11) is 1.97. The van der Waals surface area contributed by atoms with Crippen LogP contribution in [0.5, 0.6) is 0 Å². The molecule has 0 fully saturated rings. The van der Waals surface area contributed by atoms with Crippen LogP contribution in [0, 0.1) is 0 Å². The molecule has 0 N–H and O–H groups in total. The first kappa shape index (κ1) is 11.5. The number of nitrogens with zero attached hydrogens (tertiary/aromatic N) is 2. The number of rotatable bonds is 3. The first-order valence-corrected chi connectivity index (χ1v) is 5.96. The highest BCUT2D eigenvalue weighted by molar-refractivity contribution is 6.33. The number of halogens is 2. The van der Waals surface area contributed by atoms with Crippen molar-refractivity contribution in [2.75, 3.05) is 5.88 Å². The van der Waals surface area contributed by atoms with Gasteiger partial charge in [-0.15, -0.1) is 11.6 Å². The standard InChI is InChI=1S/C12H12Cl2N2/c1-16-8-11(15-12(16)6-7-13)9-4-2-3-5-10(9)14/h2-5,8H,6-7H2,1H3. The van der Waals surface area contributed by atoms with E-state index >= 15 is 0 Å². The van der Waals surface area contributed by atoms with Gasteiger partial charge in [-0.25, -0.2) is 4.98 Å². The Hall–Kier alpha value is -0.990. The molecule has 4 heteroatoms. The van der Waals surface area contributed by atoms with E-state index in [-0.39, 0.29) is 0 Å². The van der Waals surface area contributed by atoms with Crippen molar-refractivity contribution in [2.45, 2.75) is 6.42 Å². The van der Waals surface area contributed by atoms with Crippen molar-refractivity contribution in [1.82, 2.24) is 9.55 Å². The first-order valence-electron chi connectivity index (χ1n) is 5.05. The van der Waals surface area contributed by atoms with Crippen molar-refractivity contribution in [1.29, 1.82) is 0 Å². The molecule has 0 aliphatic carbocycles. The van der Waals surface area contributed by atoms with Crippen LogP contribution in [0.3, 0.4) is 0 Å². The number of hydrogen-bond acceptors (Lipinski definition) is 1. The Kier molecular flexibility index (Phi) is 3.52. The lowest BCUT2D eigenvalue weighted by molar-refractivity contribution is 0.810. The Morgan fingerprint density at radius 1 is 1.31 bits per heavy atom. The summed E-state index contributed by atoms with van der Waals surface area (Å²) in [4.78, 5) is 4.52. The molecule has 2 aromatic rings. The van der Waals surface area contributed by atoms with Gasteiger partial charge in [0.25, 0.3) is 0 Å². The molecule has 0 saturated carbocycles. The van der Waals surface area contributed by atoms with Gasteiger partial charge >= 0.3 is 0 Å². The first-order chi connectivity index (χ1) is 7.72. The lowest BCUT2D eigenvalue weighted by Crippen LogP contribution is -1.97. The topological polar surface area (TPSA) is 17.8 Å². The number of imidazole rings is 1. The van der Waals surface area contributed by atoms with Crippen LogP contribution in [0.2, 0.25) is 5.02 Å². The zero-order chi connectivity index (χ0) is 11.5. The van der Waals surface area contributed by atoms with Crippen LogP contribution in [-0.4, -0.2) is 15.4 Å². The molecule has 0 unspecified atom stereocenters. The zero-order valence-corrected chi connectivity index (χ0v) is 10.5. The van der Waals surface area contributed by atoms with Crippen molar-refractivity contribution < 1.29 is 0 Å². The largest absolute Gasteiger partial charge is 0.337 e. The second kappa shape index (κ2) is 4.89. The molecule has 2 rings (SSSR count). The van der Waals surface area contributed by atoms with E-state index < -0.39 is 0 Å². The van der Waals surface area contributed by atoms with Gasteiger partial charge in [-0.3, -0.25) is 0 Å². The monoisotopic (exact) mass is 254 g/mol. The quantitative estimate of drug-likeness (QED) is 0.767. The fourth-order valence-corrected chi connectivity index (χ4v) is 2.02. The van der Waals surface area contributed by atoms with E-state index in [9.17, 15) is 0 Å². The van der Waals surface area contributed by atoms with E-state index in [4.69, 9.17) is 23.2 Å². The third-order valence-corrected chi connectivity index (χ3v) is 2.96. The summed E-state index contributed by atoms with van der Waals surface area (Å²) < 4.78 is 1.99. The predicted octanol–water partition coefficient (Wildman–Crippen LogP) is 3.52. The van der Waals surface area contributed by atoms with Gasteiger partial charge in [-0.2, -0.15) is 0 Å². The maximum absolute atomic E-state index is 6.12. The fraction of sp³-hybridized carbons (Fsp3) is 0.250. The van der Waals surface area contributed by atoms with Crippen molar-refractivity contribution in [3.63, 3.8) is 0 Å². The summed E-state index contributed by atoms with van der Waals surface area (Å²) in [6, 6.07) is 7.70. The summed E-state index contributed by atoms with van der Waals surface area (Å²) in [5.74, 6) is 1.55. The molecule has 0 bridgehead atoms. The van der Waals surface area contributed by atoms with Crippen LogP contribution in [0.15, 0.2) is 30.5 Å². The van der Waals surface area contributed by atoms with Crippen molar-refractivity contribution in [3.05, 3.63) is 41.3 Å². The minimum absolute atomic E-state index is 0.576. The minimum atomic E-state index is 0.576. The summed E-state index contributed by atoms with van der Waals surface area (Å²) in [6.07, 6.45) is 2.74. The lowest BCUT2D eigenvalue weighted by Gasteiger charge is -1.98. The Morgan fingerprint density at radius 2 is 2.06 bits per heavy atom. The third-order valence-electron chi connectivity index (χ3n) is 2.44. The van der Waals surface area contributed by atoms with E-state index in [1.165, 1.54) is 0 Å². The van der Waals surface area contributed by atoms with Crippen molar-refractivity contribution in [3.8, 4) is 11.3 Å². The Labute approximate surface area is 105 Å². The summed E-state index contributed by atoms with van der Waals surface area (Å²) in [5, 5.41) is 0.720. The smallest absolute Gasteiger partial charge is 0.110 e. The fourth-order valence-electron chi connectivity index (χ4n) is 1.62. The lowest BCUT2D eigenvalue weighted by atomic mass is 10.2. The number of hydrogen-bond donors (Lipinski definition) is 0. The van der Waals surface area contributed by atoms with Crippen LogP contribution in [0.25, 0.3) is 11.3 Å². The van der Waals surface area contributed by atoms with Gasteiger partial charge in [0.1, 0.15) is 5.82 Å². The Morgan fingerprint density at radius 3 is 2.75 bits per heavy atom. The number of benzene rings is 1. The normalized spacial score (nSPS) is 10.7. The SMILES string of the molecule is Cn1cc(-c2ccccc2Cl)nc1CCCl. The second-order valence-corrected chi connectivity index (χ2v) is 4.36. The van der Waals surface area contributed by atoms with Gasteiger partial charge in [-0.05, 0) is 6.07 Å². The Bertz CT molecular complexity index is 492. The van der Waals surface area contributed by atoms with Crippen molar-refractivity contribution in [2.24, 2.45) is 7.05 Å². The summed E-state index contributed by atoms with van der Waals surface area (Å²) in [5.41, 5.74) is 1.86. The van der Waals surface area contributed by atoms with E-state index in [1.807, 2.05) is 42.1 Å². The van der Waals surface area contributed by atoms with E-state index in [0.29, 0.717) is 5.88 Å². The minimum Gasteiger partial charge on any atom is -0.337 e. The van der Waals surface area contributed by atoms with Crippen LogP contribution in [-0.2, 0) is 13.5 Å². The highest BCUT2D eigenvalue weighted by Crippen LogP contribution is 2.26. The molecule has 0 atom stereocenters. The molecule has 1 heterocycles. The molecule has 0 aliphatic rings. The molecule has 1 aromatic carbocycles. The second-order valence-electron chi connectivity index (χ2n) is 3.57. The zero-order valence-electron chi connectivity index (χ0n) is 8.95. The van der Waals surface area contributed by atoms with Gasteiger partial charge in [0, 0.05) is 31.1 Å².